The molecule has 8 rings (SSSR count). The summed E-state index contributed by atoms with van der Waals surface area (Å²) in [6.45, 7) is 19.2. The highest BCUT2D eigenvalue weighted by molar-refractivity contribution is 5.88. The molecule has 4 saturated heterocycles. The van der Waals surface area contributed by atoms with Crippen molar-refractivity contribution < 1.29 is 76.6 Å². The molecule has 4 aliphatic carbocycles. The van der Waals surface area contributed by atoms with Crippen molar-refractivity contribution in [3.8, 4) is 0 Å². The molecule has 8 aliphatic rings. The molecule has 0 amide bonds. The van der Waals surface area contributed by atoms with Crippen LogP contribution in [-0.4, -0.2) is 153 Å². The first kappa shape index (κ1) is 54.4. The van der Waals surface area contributed by atoms with Gasteiger partial charge in [0.15, 0.2) is 25.2 Å². The van der Waals surface area contributed by atoms with Crippen LogP contribution < -0.4 is 0 Å². The van der Waals surface area contributed by atoms with E-state index in [0.29, 0.717) is 56.9 Å². The predicted octanol–water partition coefficient (Wildman–Crippen LogP) is 6.88. The number of hydrogen-bond donors (Lipinski definition) is 2. The van der Waals surface area contributed by atoms with Crippen LogP contribution in [0.1, 0.15) is 140 Å². The molecule has 4 aliphatic heterocycles. The molecule has 0 aromatic rings. The number of ketones is 1. The van der Waals surface area contributed by atoms with Gasteiger partial charge in [-0.25, -0.2) is 4.79 Å². The molecule has 398 valence electrons. The van der Waals surface area contributed by atoms with Gasteiger partial charge < -0.3 is 67.1 Å². The van der Waals surface area contributed by atoms with E-state index in [1.54, 1.807) is 41.3 Å². The van der Waals surface area contributed by atoms with Crippen LogP contribution in [0.25, 0.3) is 0 Å². The van der Waals surface area contributed by atoms with Gasteiger partial charge >= 0.3 is 5.97 Å². The summed E-state index contributed by atoms with van der Waals surface area (Å²) in [6.07, 6.45) is 3.65. The first-order valence-electron chi connectivity index (χ1n) is 26.5. The minimum atomic E-state index is -1.14. The molecule has 24 atom stereocenters. The van der Waals surface area contributed by atoms with Crippen LogP contribution in [0.2, 0.25) is 0 Å². The number of hydrogen-bond acceptors (Lipinski definition) is 16. The van der Waals surface area contributed by atoms with Gasteiger partial charge in [0.05, 0.1) is 60.5 Å². The van der Waals surface area contributed by atoms with Crippen molar-refractivity contribution in [1.29, 1.82) is 0 Å². The number of allylic oxidation sites excluding steroid dienone is 2. The highest BCUT2D eigenvalue weighted by atomic mass is 16.8. The minimum Gasteiger partial charge on any atom is -0.458 e. The predicted molar refractivity (Wildman–Crippen MR) is 255 cm³/mol. The van der Waals surface area contributed by atoms with E-state index >= 15 is 0 Å². The lowest BCUT2D eigenvalue weighted by Gasteiger charge is -2.63. The lowest BCUT2D eigenvalue weighted by Crippen LogP contribution is -2.66. The lowest BCUT2D eigenvalue weighted by molar-refractivity contribution is -0.346. The largest absolute Gasteiger partial charge is 0.458 e. The monoisotopic (exact) mass is 991 g/mol. The Labute approximate surface area is 416 Å². The molecular weight excluding hydrogens is 905 g/mol. The Bertz CT molecular complexity index is 1880. The van der Waals surface area contributed by atoms with Crippen LogP contribution in [0.4, 0.5) is 0 Å². The summed E-state index contributed by atoms with van der Waals surface area (Å²) in [5.41, 5.74) is -0.414. The summed E-state index contributed by atoms with van der Waals surface area (Å²) in [7, 11) is 5.02. The summed E-state index contributed by atoms with van der Waals surface area (Å²) in [5.74, 6) is -0.662. The molecule has 3 saturated carbocycles. The topological polar surface area (TPSA) is 185 Å². The second-order valence-electron chi connectivity index (χ2n) is 22.7. The van der Waals surface area contributed by atoms with Crippen LogP contribution in [0, 0.1) is 34.5 Å². The smallest absolute Gasteiger partial charge is 0.333 e. The lowest BCUT2D eigenvalue weighted by atomic mass is 9.45. The van der Waals surface area contributed by atoms with Gasteiger partial charge in [-0.1, -0.05) is 38.5 Å². The maximum atomic E-state index is 13.4. The van der Waals surface area contributed by atoms with Gasteiger partial charge in [0.25, 0.3) is 0 Å². The SMILES string of the molecule is C/C=C(\C)C(=O)O[C@@H]1CC2C(CC=C3C[C@@H](OC4CC(OC)C(OC5CC(OC)C(OC6CC(OC)C(OC7CC(C)C(O)C(C)O7)C(C)O6)C(C)O5)C(C)O4)CC[C@@]32C)[C@@]2(O)CCC(C(C)=O)[C@@]12C. The third kappa shape index (κ3) is 10.2. The molecule has 0 aromatic carbocycles. The van der Waals surface area contributed by atoms with Crippen LogP contribution in [-0.2, 0) is 66.4 Å². The fraction of sp³-hybridized carbons (Fsp3) is 0.889. The van der Waals surface area contributed by atoms with E-state index in [9.17, 15) is 19.8 Å². The number of Topliss-reactive ketones (excluding diaryl/α,β-unsaturated/α-hetero) is 1. The Balaban J connectivity index is 0.857. The molecular formula is C54H86O16. The minimum absolute atomic E-state index is 0.0424. The molecule has 7 fully saturated rings. The van der Waals surface area contributed by atoms with Gasteiger partial charge in [0.1, 0.15) is 30.2 Å². The molecule has 0 aromatic heterocycles. The number of carbonyl (C=O) groups is 2. The van der Waals surface area contributed by atoms with E-state index in [-0.39, 0.29) is 89.7 Å². The highest BCUT2D eigenvalue weighted by Gasteiger charge is 2.71. The Morgan fingerprint density at radius 2 is 1.19 bits per heavy atom. The summed E-state index contributed by atoms with van der Waals surface area (Å²) in [4.78, 5) is 26.5. The molecule has 0 spiro atoms. The van der Waals surface area contributed by atoms with Crippen molar-refractivity contribution in [2.45, 2.75) is 250 Å². The van der Waals surface area contributed by atoms with Crippen molar-refractivity contribution in [1.82, 2.24) is 0 Å². The van der Waals surface area contributed by atoms with E-state index < -0.39 is 66.7 Å². The van der Waals surface area contributed by atoms with Gasteiger partial charge in [0.2, 0.25) is 0 Å². The van der Waals surface area contributed by atoms with Gasteiger partial charge in [-0.2, -0.15) is 0 Å². The number of aliphatic hydroxyl groups is 2. The third-order valence-corrected chi connectivity index (χ3v) is 18.8. The maximum Gasteiger partial charge on any atom is 0.333 e. The van der Waals surface area contributed by atoms with Gasteiger partial charge in [-0.3, -0.25) is 4.79 Å². The quantitative estimate of drug-likeness (QED) is 0.104. The van der Waals surface area contributed by atoms with Crippen molar-refractivity contribution >= 4 is 11.8 Å². The fourth-order valence-corrected chi connectivity index (χ4v) is 14.5. The molecule has 0 bridgehead atoms. The number of ether oxygens (including phenoxy) is 12. The standard InChI is InChI=1S/C54H86O16/c1-14-27(2)51(57)67-42-23-38-37(54(58)20-18-36(29(4)55)53(42,54)10)16-15-34-22-35(17-19-52(34,38)9)66-44-24-39(59-11)49(31(6)63-44)69-46-26-41(61-13)50(33(8)65-46)70-45-25-40(60-12)48(32(7)64-45)68-43-21-28(3)47(56)30(5)62-43/h14-15,28,30-33,35-50,56,58H,16-26H2,1-13H3/b27-14+/t28?,30?,31?,32?,33?,35-,36?,37?,38?,39?,40?,41?,42+,43?,44?,45?,46?,47?,48?,49?,50?,52-,53-,54-/m0/s1. The van der Waals surface area contributed by atoms with Crippen molar-refractivity contribution in [3.63, 3.8) is 0 Å². The molecule has 2 N–H and O–H groups in total. The Morgan fingerprint density at radius 1 is 0.686 bits per heavy atom. The van der Waals surface area contributed by atoms with Crippen molar-refractivity contribution in [3.05, 3.63) is 23.3 Å². The normalized spacial score (nSPS) is 49.8. The highest BCUT2D eigenvalue weighted by Crippen LogP contribution is 2.68. The van der Waals surface area contributed by atoms with Crippen LogP contribution >= 0.6 is 0 Å². The second kappa shape index (κ2) is 21.8. The van der Waals surface area contributed by atoms with Gasteiger partial charge in [-0.15, -0.1) is 0 Å². The fourth-order valence-electron chi connectivity index (χ4n) is 14.5. The average Bonchev–Trinajstić information content (AvgIpc) is 3.61. The van der Waals surface area contributed by atoms with E-state index in [2.05, 4.69) is 13.0 Å². The first-order valence-corrected chi connectivity index (χ1v) is 26.5. The Hall–Kier alpha value is -1.90. The van der Waals surface area contributed by atoms with Crippen molar-refractivity contribution in [2.24, 2.45) is 34.5 Å². The van der Waals surface area contributed by atoms with Crippen molar-refractivity contribution in [2.75, 3.05) is 21.3 Å². The summed E-state index contributed by atoms with van der Waals surface area (Å²) in [5, 5.41) is 23.2. The number of rotatable bonds is 14. The maximum absolute atomic E-state index is 13.4. The zero-order chi connectivity index (χ0) is 50.6. The Kier molecular flexibility index (Phi) is 16.9. The van der Waals surface area contributed by atoms with E-state index in [1.807, 2.05) is 48.5 Å². The van der Waals surface area contributed by atoms with Crippen LogP contribution in [0.3, 0.4) is 0 Å². The zero-order valence-electron chi connectivity index (χ0n) is 44.2. The average molecular weight is 991 g/mol. The number of methoxy groups -OCH3 is 3. The third-order valence-electron chi connectivity index (χ3n) is 18.8. The number of fused-ring (bicyclic) bond motifs is 5. The first-order chi connectivity index (χ1) is 33.2. The molecule has 16 nitrogen and oxygen atoms in total. The molecule has 0 radical (unpaired) electrons. The van der Waals surface area contributed by atoms with E-state index in [1.165, 1.54) is 5.57 Å². The molecule has 4 heterocycles. The van der Waals surface area contributed by atoms with Gasteiger partial charge in [0, 0.05) is 63.9 Å². The summed E-state index contributed by atoms with van der Waals surface area (Å²) in [6, 6.07) is 0. The van der Waals surface area contributed by atoms with E-state index in [0.717, 1.165) is 19.3 Å². The Morgan fingerprint density at radius 3 is 1.67 bits per heavy atom. The van der Waals surface area contributed by atoms with Gasteiger partial charge in [-0.05, 0) is 117 Å². The molecule has 70 heavy (non-hydrogen) atoms. The van der Waals surface area contributed by atoms with E-state index in [4.69, 9.17) is 56.8 Å². The summed E-state index contributed by atoms with van der Waals surface area (Å²) >= 11 is 0. The second-order valence-corrected chi connectivity index (χ2v) is 22.7. The van der Waals surface area contributed by atoms with Crippen LogP contribution in [0.15, 0.2) is 23.3 Å². The number of carbonyl (C=O) groups excluding carboxylic acids is 2. The van der Waals surface area contributed by atoms with Crippen LogP contribution in [0.5, 0.6) is 0 Å². The number of esters is 1. The number of aliphatic hydroxyl groups excluding tert-OH is 1. The summed E-state index contributed by atoms with van der Waals surface area (Å²) < 4.78 is 76.4. The zero-order valence-corrected chi connectivity index (χ0v) is 44.2. The molecule has 19 unspecified atom stereocenters. The molecule has 16 heteroatoms.